The fraction of sp³-hybridized carbons (Fsp3) is 0.524. The van der Waals surface area contributed by atoms with E-state index >= 15 is 0 Å². The summed E-state index contributed by atoms with van der Waals surface area (Å²) in [4.78, 5) is 11.8. The standard InChI is InChI=1S/C21H27N5/c22-21-24-19-17(20(25-21)26-10-8-23-9-11-26)7-3-6-16-12-14-4-1-2-5-15(14)13-18(16)19/h12-13,23H,1-11H2,(H2,22,24,25). The zero-order chi connectivity index (χ0) is 17.5. The van der Waals surface area contributed by atoms with Crippen LogP contribution in [-0.4, -0.2) is 36.1 Å². The van der Waals surface area contributed by atoms with Crippen molar-refractivity contribution < 1.29 is 0 Å². The molecule has 1 aliphatic heterocycles. The lowest BCUT2D eigenvalue weighted by atomic mass is 9.86. The number of piperazine rings is 1. The van der Waals surface area contributed by atoms with Gasteiger partial charge in [0.05, 0.1) is 5.69 Å². The van der Waals surface area contributed by atoms with Gasteiger partial charge in [-0.1, -0.05) is 6.07 Å². The third kappa shape index (κ3) is 2.75. The zero-order valence-electron chi connectivity index (χ0n) is 15.4. The molecule has 2 aromatic rings. The Morgan fingerprint density at radius 3 is 2.38 bits per heavy atom. The van der Waals surface area contributed by atoms with E-state index in [0.29, 0.717) is 5.95 Å². The Hall–Kier alpha value is -2.14. The van der Waals surface area contributed by atoms with Crippen LogP contribution in [0.4, 0.5) is 11.8 Å². The zero-order valence-corrected chi connectivity index (χ0v) is 15.4. The van der Waals surface area contributed by atoms with Crippen molar-refractivity contribution in [3.63, 3.8) is 0 Å². The highest BCUT2D eigenvalue weighted by Crippen LogP contribution is 2.38. The lowest BCUT2D eigenvalue weighted by molar-refractivity contribution is 0.582. The van der Waals surface area contributed by atoms with E-state index in [2.05, 4.69) is 27.3 Å². The number of rotatable bonds is 1. The Kier molecular flexibility index (Phi) is 4.04. The molecule has 5 rings (SSSR count). The van der Waals surface area contributed by atoms with Crippen molar-refractivity contribution in [3.8, 4) is 11.3 Å². The van der Waals surface area contributed by atoms with Crippen molar-refractivity contribution >= 4 is 11.8 Å². The molecule has 2 aliphatic carbocycles. The second-order valence-corrected chi connectivity index (χ2v) is 7.81. The molecule has 3 N–H and O–H groups in total. The number of hydrogen-bond acceptors (Lipinski definition) is 5. The summed E-state index contributed by atoms with van der Waals surface area (Å²) in [5, 5.41) is 3.42. The fourth-order valence-electron chi connectivity index (χ4n) is 4.80. The van der Waals surface area contributed by atoms with Crippen LogP contribution in [0.25, 0.3) is 11.3 Å². The van der Waals surface area contributed by atoms with Gasteiger partial charge in [0.2, 0.25) is 5.95 Å². The predicted octanol–water partition coefficient (Wildman–Crippen LogP) is 2.50. The smallest absolute Gasteiger partial charge is 0.222 e. The lowest BCUT2D eigenvalue weighted by Crippen LogP contribution is -2.44. The van der Waals surface area contributed by atoms with Gasteiger partial charge in [0.25, 0.3) is 0 Å². The number of nitrogens with one attached hydrogen (secondary N) is 1. The van der Waals surface area contributed by atoms with E-state index in [1.807, 2.05) is 0 Å². The molecule has 0 unspecified atom stereocenters. The molecule has 1 saturated heterocycles. The molecule has 0 radical (unpaired) electrons. The molecule has 1 fully saturated rings. The van der Waals surface area contributed by atoms with E-state index in [-0.39, 0.29) is 0 Å². The first kappa shape index (κ1) is 16.1. The summed E-state index contributed by atoms with van der Waals surface area (Å²) in [7, 11) is 0. The molecule has 1 aromatic heterocycles. The monoisotopic (exact) mass is 349 g/mol. The maximum absolute atomic E-state index is 6.17. The van der Waals surface area contributed by atoms with Crippen LogP contribution in [0.5, 0.6) is 0 Å². The molecule has 1 aromatic carbocycles. The number of aryl methyl sites for hydroxylation is 3. The third-order valence-corrected chi connectivity index (χ3v) is 6.11. The van der Waals surface area contributed by atoms with Crippen LogP contribution in [0.15, 0.2) is 12.1 Å². The minimum atomic E-state index is 0.405. The van der Waals surface area contributed by atoms with E-state index in [1.54, 1.807) is 5.56 Å². The van der Waals surface area contributed by atoms with Gasteiger partial charge in [0, 0.05) is 37.3 Å². The number of benzene rings is 1. The van der Waals surface area contributed by atoms with Crippen LogP contribution in [0.3, 0.4) is 0 Å². The third-order valence-electron chi connectivity index (χ3n) is 6.11. The minimum Gasteiger partial charge on any atom is -0.368 e. The molecule has 0 amide bonds. The number of fused-ring (bicyclic) bond motifs is 4. The van der Waals surface area contributed by atoms with E-state index in [4.69, 9.17) is 10.7 Å². The molecule has 0 bridgehead atoms. The van der Waals surface area contributed by atoms with Crippen molar-refractivity contribution in [1.82, 2.24) is 15.3 Å². The van der Waals surface area contributed by atoms with E-state index in [1.165, 1.54) is 47.9 Å². The van der Waals surface area contributed by atoms with Crippen molar-refractivity contribution in [2.75, 3.05) is 36.8 Å². The normalized spacial score (nSPS) is 19.3. The number of nitrogen functional groups attached to an aromatic ring is 1. The van der Waals surface area contributed by atoms with Gasteiger partial charge in [-0.25, -0.2) is 4.98 Å². The SMILES string of the molecule is Nc1nc2c(c(N3CCNCC3)n1)CCCc1cc3c(cc1-2)CCCC3. The highest BCUT2D eigenvalue weighted by atomic mass is 15.2. The second kappa shape index (κ2) is 6.54. The van der Waals surface area contributed by atoms with Gasteiger partial charge in [-0.3, -0.25) is 0 Å². The van der Waals surface area contributed by atoms with Crippen LogP contribution in [0.2, 0.25) is 0 Å². The Morgan fingerprint density at radius 1 is 0.846 bits per heavy atom. The second-order valence-electron chi connectivity index (χ2n) is 7.81. The molecule has 2 heterocycles. The number of anilines is 2. The number of aromatic nitrogens is 2. The maximum atomic E-state index is 6.17. The van der Waals surface area contributed by atoms with E-state index < -0.39 is 0 Å². The topological polar surface area (TPSA) is 67.1 Å². The van der Waals surface area contributed by atoms with Crippen molar-refractivity contribution in [3.05, 3.63) is 34.4 Å². The van der Waals surface area contributed by atoms with Gasteiger partial charge in [-0.05, 0) is 67.7 Å². The molecule has 0 spiro atoms. The largest absolute Gasteiger partial charge is 0.368 e. The first-order valence-electron chi connectivity index (χ1n) is 10.1. The number of nitrogens with zero attached hydrogens (tertiary/aromatic N) is 3. The van der Waals surface area contributed by atoms with E-state index in [0.717, 1.165) is 57.0 Å². The van der Waals surface area contributed by atoms with Crippen LogP contribution in [0.1, 0.15) is 41.5 Å². The average Bonchev–Trinajstić information content (AvgIpc) is 2.85. The minimum absolute atomic E-state index is 0.405. The van der Waals surface area contributed by atoms with Gasteiger partial charge in [-0.15, -0.1) is 0 Å². The van der Waals surface area contributed by atoms with Crippen LogP contribution < -0.4 is 16.0 Å². The summed E-state index contributed by atoms with van der Waals surface area (Å²) >= 11 is 0. The molecule has 5 nitrogen and oxygen atoms in total. The maximum Gasteiger partial charge on any atom is 0.222 e. The fourth-order valence-corrected chi connectivity index (χ4v) is 4.80. The Morgan fingerprint density at radius 2 is 1.58 bits per heavy atom. The Balaban J connectivity index is 1.67. The molecule has 3 aliphatic rings. The number of hydrogen-bond donors (Lipinski definition) is 2. The van der Waals surface area contributed by atoms with Crippen molar-refractivity contribution in [1.29, 1.82) is 0 Å². The van der Waals surface area contributed by atoms with Crippen molar-refractivity contribution in [2.24, 2.45) is 0 Å². The summed E-state index contributed by atoms with van der Waals surface area (Å²) < 4.78 is 0. The molecule has 5 heteroatoms. The average molecular weight is 349 g/mol. The highest BCUT2D eigenvalue weighted by Gasteiger charge is 2.25. The summed E-state index contributed by atoms with van der Waals surface area (Å²) in [6, 6.07) is 4.88. The first-order chi connectivity index (χ1) is 12.8. The summed E-state index contributed by atoms with van der Waals surface area (Å²) in [5.41, 5.74) is 14.4. The highest BCUT2D eigenvalue weighted by molar-refractivity contribution is 5.75. The first-order valence-corrected chi connectivity index (χ1v) is 10.1. The van der Waals surface area contributed by atoms with E-state index in [9.17, 15) is 0 Å². The van der Waals surface area contributed by atoms with Crippen LogP contribution in [-0.2, 0) is 25.7 Å². The Bertz CT molecular complexity index is 839. The van der Waals surface area contributed by atoms with Gasteiger partial charge < -0.3 is 16.0 Å². The van der Waals surface area contributed by atoms with Crippen LogP contribution >= 0.6 is 0 Å². The van der Waals surface area contributed by atoms with Crippen molar-refractivity contribution in [2.45, 2.75) is 44.9 Å². The molecule has 0 saturated carbocycles. The van der Waals surface area contributed by atoms with Gasteiger partial charge in [-0.2, -0.15) is 4.98 Å². The molecule has 26 heavy (non-hydrogen) atoms. The quantitative estimate of drug-likeness (QED) is 0.828. The molecule has 0 atom stereocenters. The van der Waals surface area contributed by atoms with Crippen LogP contribution in [0, 0.1) is 0 Å². The molecular weight excluding hydrogens is 322 g/mol. The molecular formula is C21H27N5. The van der Waals surface area contributed by atoms with Gasteiger partial charge in [0.1, 0.15) is 5.82 Å². The lowest BCUT2D eigenvalue weighted by Gasteiger charge is -2.30. The summed E-state index contributed by atoms with van der Waals surface area (Å²) in [5.74, 6) is 1.47. The van der Waals surface area contributed by atoms with Gasteiger partial charge >= 0.3 is 0 Å². The predicted molar refractivity (Wildman–Crippen MR) is 106 cm³/mol. The summed E-state index contributed by atoms with van der Waals surface area (Å²) in [6.07, 6.45) is 8.37. The molecule has 136 valence electrons. The Labute approximate surface area is 155 Å². The number of nitrogens with two attached hydrogens (primary N) is 1. The van der Waals surface area contributed by atoms with Gasteiger partial charge in [0.15, 0.2) is 0 Å². The summed E-state index contributed by atoms with van der Waals surface area (Å²) in [6.45, 7) is 3.98.